The molecule has 0 aliphatic carbocycles. The fourth-order valence-electron chi connectivity index (χ4n) is 3.42. The summed E-state index contributed by atoms with van der Waals surface area (Å²) in [5.41, 5.74) is 3.20. The molecule has 1 aliphatic rings. The van der Waals surface area contributed by atoms with Crippen molar-refractivity contribution in [3.05, 3.63) is 60.4 Å². The summed E-state index contributed by atoms with van der Waals surface area (Å²) >= 11 is 0. The van der Waals surface area contributed by atoms with E-state index in [1.807, 2.05) is 29.2 Å². The van der Waals surface area contributed by atoms with Gasteiger partial charge in [-0.1, -0.05) is 30.3 Å². The van der Waals surface area contributed by atoms with E-state index in [1.165, 1.54) is 11.3 Å². The minimum atomic E-state index is 0.0120. The Morgan fingerprint density at radius 3 is 2.65 bits per heavy atom. The molecule has 1 aromatic heterocycles. The molecule has 26 heavy (non-hydrogen) atoms. The first-order valence-electron chi connectivity index (χ1n) is 8.90. The Kier molecular flexibility index (Phi) is 4.52. The van der Waals surface area contributed by atoms with E-state index >= 15 is 0 Å². The van der Waals surface area contributed by atoms with E-state index in [2.05, 4.69) is 36.1 Å². The highest BCUT2D eigenvalue weighted by Crippen LogP contribution is 2.26. The van der Waals surface area contributed by atoms with Gasteiger partial charge in [0.1, 0.15) is 0 Å². The van der Waals surface area contributed by atoms with E-state index in [1.54, 1.807) is 6.26 Å². The normalized spacial score (nSPS) is 14.7. The largest absolute Gasteiger partial charge is 0.480 e. The van der Waals surface area contributed by atoms with Crippen molar-refractivity contribution in [1.29, 1.82) is 0 Å². The van der Waals surface area contributed by atoms with Crippen LogP contribution in [-0.4, -0.2) is 43.6 Å². The predicted molar refractivity (Wildman–Crippen MR) is 102 cm³/mol. The first kappa shape index (κ1) is 16.5. The van der Waals surface area contributed by atoms with Crippen LogP contribution in [0.3, 0.4) is 0 Å². The summed E-state index contributed by atoms with van der Waals surface area (Å²) < 4.78 is 11.2. The van der Waals surface area contributed by atoms with Crippen molar-refractivity contribution in [2.75, 3.05) is 37.7 Å². The lowest BCUT2D eigenvalue weighted by Crippen LogP contribution is -2.50. The summed E-state index contributed by atoms with van der Waals surface area (Å²) in [4.78, 5) is 16.7. The molecule has 5 heteroatoms. The molecule has 0 N–H and O–H groups in total. The smallest absolute Gasteiger partial charge is 0.260 e. The van der Waals surface area contributed by atoms with Crippen molar-refractivity contribution in [3.8, 4) is 5.75 Å². The summed E-state index contributed by atoms with van der Waals surface area (Å²) in [7, 11) is 0. The highest BCUT2D eigenvalue weighted by molar-refractivity contribution is 5.84. The van der Waals surface area contributed by atoms with Gasteiger partial charge in [0.25, 0.3) is 5.91 Å². The number of ether oxygens (including phenoxy) is 1. The Balaban J connectivity index is 1.34. The molecule has 1 aliphatic heterocycles. The maximum Gasteiger partial charge on any atom is 0.260 e. The van der Waals surface area contributed by atoms with Gasteiger partial charge in [-0.2, -0.15) is 0 Å². The zero-order chi connectivity index (χ0) is 17.9. The number of nitrogens with zero attached hydrogens (tertiary/aromatic N) is 2. The molecule has 0 saturated carbocycles. The molecular formula is C21H22N2O3. The number of piperazine rings is 1. The molecule has 0 unspecified atom stereocenters. The molecule has 0 spiro atoms. The zero-order valence-electron chi connectivity index (χ0n) is 14.9. The molecule has 1 fully saturated rings. The first-order chi connectivity index (χ1) is 12.7. The number of aryl methyl sites for hydroxylation is 1. The molecule has 4 rings (SSSR count). The number of para-hydroxylation sites is 2. The minimum absolute atomic E-state index is 0.0120. The monoisotopic (exact) mass is 350 g/mol. The average molecular weight is 350 g/mol. The maximum atomic E-state index is 12.5. The lowest BCUT2D eigenvalue weighted by Gasteiger charge is -2.36. The number of furan rings is 1. The highest BCUT2D eigenvalue weighted by Gasteiger charge is 2.22. The summed E-state index contributed by atoms with van der Waals surface area (Å²) in [5, 5.41) is 0.974. The van der Waals surface area contributed by atoms with Crippen molar-refractivity contribution in [2.45, 2.75) is 6.92 Å². The van der Waals surface area contributed by atoms with Crippen molar-refractivity contribution >= 4 is 22.6 Å². The van der Waals surface area contributed by atoms with Crippen LogP contribution in [-0.2, 0) is 4.79 Å². The van der Waals surface area contributed by atoms with Gasteiger partial charge in [0.05, 0.1) is 6.26 Å². The Bertz CT molecular complexity index is 910. The number of carbonyl (C=O) groups excluding carboxylic acids is 1. The maximum absolute atomic E-state index is 12.5. The Morgan fingerprint density at radius 1 is 1.04 bits per heavy atom. The van der Waals surface area contributed by atoms with Gasteiger partial charge in [-0.05, 0) is 30.7 Å². The standard InChI is InChI=1S/C21H22N2O3/c1-16-5-2-3-7-18(16)22-10-12-23(13-11-22)20(24)15-26-19-8-4-6-17-9-14-25-21(17)19/h2-9,14H,10-13,15H2,1H3. The molecule has 2 heterocycles. The van der Waals surface area contributed by atoms with Gasteiger partial charge in [0.15, 0.2) is 17.9 Å². The van der Waals surface area contributed by atoms with Gasteiger partial charge in [0.2, 0.25) is 0 Å². The van der Waals surface area contributed by atoms with E-state index in [0.717, 1.165) is 18.5 Å². The number of anilines is 1. The molecule has 5 nitrogen and oxygen atoms in total. The molecule has 1 saturated heterocycles. The van der Waals surface area contributed by atoms with Crippen molar-refractivity contribution in [1.82, 2.24) is 4.90 Å². The van der Waals surface area contributed by atoms with Gasteiger partial charge < -0.3 is 19.0 Å². The number of rotatable bonds is 4. The lowest BCUT2D eigenvalue weighted by atomic mass is 10.1. The van der Waals surface area contributed by atoms with E-state index in [9.17, 15) is 4.79 Å². The number of hydrogen-bond acceptors (Lipinski definition) is 4. The van der Waals surface area contributed by atoms with Crippen LogP contribution in [0.2, 0.25) is 0 Å². The second-order valence-corrected chi connectivity index (χ2v) is 6.54. The third-order valence-corrected chi connectivity index (χ3v) is 4.88. The van der Waals surface area contributed by atoms with Crippen LogP contribution in [0.15, 0.2) is 59.2 Å². The van der Waals surface area contributed by atoms with Crippen LogP contribution in [0.25, 0.3) is 11.0 Å². The predicted octanol–water partition coefficient (Wildman–Crippen LogP) is 3.47. The third kappa shape index (κ3) is 3.25. The van der Waals surface area contributed by atoms with Gasteiger partial charge in [-0.15, -0.1) is 0 Å². The Hall–Kier alpha value is -2.95. The second-order valence-electron chi connectivity index (χ2n) is 6.54. The van der Waals surface area contributed by atoms with Crippen LogP contribution in [0.5, 0.6) is 5.75 Å². The van der Waals surface area contributed by atoms with Crippen LogP contribution in [0, 0.1) is 6.92 Å². The number of benzene rings is 2. The molecule has 0 atom stereocenters. The number of hydrogen-bond donors (Lipinski definition) is 0. The molecular weight excluding hydrogens is 328 g/mol. The first-order valence-corrected chi connectivity index (χ1v) is 8.90. The fourth-order valence-corrected chi connectivity index (χ4v) is 3.42. The van der Waals surface area contributed by atoms with Gasteiger partial charge in [-0.3, -0.25) is 4.79 Å². The average Bonchev–Trinajstić information content (AvgIpc) is 3.16. The summed E-state index contributed by atoms with van der Waals surface area (Å²) in [6, 6.07) is 15.9. The van der Waals surface area contributed by atoms with E-state index in [-0.39, 0.29) is 12.5 Å². The zero-order valence-corrected chi connectivity index (χ0v) is 14.9. The van der Waals surface area contributed by atoms with Gasteiger partial charge >= 0.3 is 0 Å². The van der Waals surface area contributed by atoms with Crippen LogP contribution < -0.4 is 9.64 Å². The number of amides is 1. The van der Waals surface area contributed by atoms with Gasteiger partial charge in [0, 0.05) is 37.3 Å². The van der Waals surface area contributed by atoms with Crippen molar-refractivity contribution < 1.29 is 13.9 Å². The Labute approximate surface area is 152 Å². The minimum Gasteiger partial charge on any atom is -0.480 e. The summed E-state index contributed by atoms with van der Waals surface area (Å²) in [5.74, 6) is 0.623. The topological polar surface area (TPSA) is 45.9 Å². The number of carbonyl (C=O) groups is 1. The highest BCUT2D eigenvalue weighted by atomic mass is 16.5. The van der Waals surface area contributed by atoms with Crippen LogP contribution in [0.4, 0.5) is 5.69 Å². The van der Waals surface area contributed by atoms with Crippen molar-refractivity contribution in [3.63, 3.8) is 0 Å². The van der Waals surface area contributed by atoms with E-state index in [0.29, 0.717) is 24.4 Å². The Morgan fingerprint density at radius 2 is 1.85 bits per heavy atom. The fraction of sp³-hybridized carbons (Fsp3) is 0.286. The SMILES string of the molecule is Cc1ccccc1N1CCN(C(=O)COc2cccc3ccoc23)CC1. The molecule has 2 aromatic carbocycles. The van der Waals surface area contributed by atoms with E-state index < -0.39 is 0 Å². The summed E-state index contributed by atoms with van der Waals surface area (Å²) in [6.07, 6.45) is 1.63. The van der Waals surface area contributed by atoms with Crippen LogP contribution >= 0.6 is 0 Å². The second kappa shape index (κ2) is 7.12. The molecule has 3 aromatic rings. The third-order valence-electron chi connectivity index (χ3n) is 4.88. The summed E-state index contributed by atoms with van der Waals surface area (Å²) in [6.45, 7) is 5.25. The molecule has 0 bridgehead atoms. The van der Waals surface area contributed by atoms with Gasteiger partial charge in [-0.25, -0.2) is 0 Å². The van der Waals surface area contributed by atoms with Crippen molar-refractivity contribution in [2.24, 2.45) is 0 Å². The van der Waals surface area contributed by atoms with E-state index in [4.69, 9.17) is 9.15 Å². The lowest BCUT2D eigenvalue weighted by molar-refractivity contribution is -0.133. The molecule has 1 amide bonds. The number of fused-ring (bicyclic) bond motifs is 1. The van der Waals surface area contributed by atoms with Crippen LogP contribution in [0.1, 0.15) is 5.56 Å². The quantitative estimate of drug-likeness (QED) is 0.723. The molecule has 0 radical (unpaired) electrons. The molecule has 134 valence electrons.